The van der Waals surface area contributed by atoms with E-state index in [1.807, 2.05) is 115 Å². The van der Waals surface area contributed by atoms with Crippen molar-refractivity contribution in [2.24, 2.45) is 35.5 Å². The second kappa shape index (κ2) is 51.6. The zero-order valence-corrected chi connectivity index (χ0v) is 87.0. The molecule has 3 saturated heterocycles. The largest absolute Gasteiger partial charge is 0.507 e. The Hall–Kier alpha value is -13.3. The number of aryl methyl sites for hydroxylation is 6. The number of aliphatic carboxylic acids is 1. The summed E-state index contributed by atoms with van der Waals surface area (Å²) < 4.78 is 44.0. The molecule has 0 aromatic heterocycles. The molecule has 5 fully saturated rings. The Morgan fingerprint density at radius 1 is 0.448 bits per heavy atom. The lowest BCUT2D eigenvalue weighted by Crippen LogP contribution is -2.38. The molecular weight excluding hydrogens is 1880 g/mol. The Morgan fingerprint density at radius 3 is 1.24 bits per heavy atom. The Bertz CT molecular complexity index is 6310. The quantitative estimate of drug-likeness (QED) is 0.0154. The van der Waals surface area contributed by atoms with Crippen LogP contribution in [0.4, 0.5) is 0 Å². The number of methoxy groups -OCH3 is 2. The third-order valence-electron chi connectivity index (χ3n) is 25.9. The van der Waals surface area contributed by atoms with Crippen molar-refractivity contribution >= 4 is 84.8 Å². The van der Waals surface area contributed by atoms with Crippen LogP contribution < -0.4 is 14.2 Å². The number of benzene rings is 13. The van der Waals surface area contributed by atoms with E-state index in [2.05, 4.69) is 312 Å². The van der Waals surface area contributed by atoms with Gasteiger partial charge in [0.15, 0.2) is 81.8 Å². The van der Waals surface area contributed by atoms with Crippen LogP contribution in [0, 0.1) is 77.0 Å². The molecule has 11 atom stereocenters. The van der Waals surface area contributed by atoms with Gasteiger partial charge in [-0.3, -0.25) is 14.4 Å². The Labute approximate surface area is 857 Å². The summed E-state index contributed by atoms with van der Waals surface area (Å²) in [6.45, 7) is 26.1. The third-order valence-corrected chi connectivity index (χ3v) is 37.0. The fourth-order valence-corrected chi connectivity index (χ4v) is 30.8. The maximum atomic E-state index is 12.9. The smallest absolute Gasteiger partial charge is 0.344 e. The Kier molecular flexibility index (Phi) is 38.0. The fraction of sp³-hybridized carbons (Fsp3) is 0.244. The molecule has 734 valence electrons. The minimum atomic E-state index is -0.971. The lowest BCUT2D eigenvalue weighted by Gasteiger charge is -2.29. The summed E-state index contributed by atoms with van der Waals surface area (Å²) >= 11 is 0. The van der Waals surface area contributed by atoms with Crippen LogP contribution in [0.2, 0.25) is 0 Å². The molecule has 3 aliphatic carbocycles. The first kappa shape index (κ1) is 105. The van der Waals surface area contributed by atoms with E-state index in [0.29, 0.717) is 47.9 Å². The van der Waals surface area contributed by atoms with Gasteiger partial charge in [-0.2, -0.15) is 0 Å². The molecule has 13 aromatic rings. The maximum absolute atomic E-state index is 12.9. The summed E-state index contributed by atoms with van der Waals surface area (Å²) in [6, 6.07) is 116. The number of esters is 3. The standard InChI is InChI=1S/C32H37O5S.C22H20O3S.C21H23OS.C20H18OS.C19H17OS.C9H10O4/c1-6-12-25(7-2)38(26-14-9-8-10-15-26)27-18-22(4)30(23(5)19-27)35-20-29(33)37-31-21(3)17-24-13-11-16-28(31)36-32(24)34;1-16-13-20(14-17(2)22(16)25-15-21(23)24)26(18-9-5-3-6-10-18)19-11-7-4-8-12-19;1-16-14-20(15-17(2)21(16)22-3)23(18-10-6-4-7-11-18)19-12-8-5-9-13-19;1-15-13-19(14-16(2)20(15)21)22(17-9-5-3-6-10-17)18-11-7-4-8-12-18;1-20-16-12-14-19(15-13-16)21(17-8-4-2-5-9-17)18-10-6-3-7-11-18;10-3-12-7-4-1-5-6(2-4)9(11)13-8(5)7/h6-10,12,14-15,18-19,21,24,28,31H,1-2,11,13,16-17,20H2,3-5H3;3-14H,15H2,1-2H3;4-14,17H,15H2,1-3H3;3-14H,1-2H3;2-15H,1H3;3-8H,1-2H2/q+1;;+1;;+1;/p+2/b25-12+;;;;;. The number of allylic oxidation sites excluding steroid dienone is 7. The molecule has 11 unspecified atom stereocenters. The second-order valence-corrected chi connectivity index (χ2v) is 46.2. The third kappa shape index (κ3) is 27.0. The van der Waals surface area contributed by atoms with Crippen LogP contribution in [-0.4, -0.2) is 92.4 Å². The molecule has 2 saturated carbocycles. The van der Waals surface area contributed by atoms with Crippen molar-refractivity contribution in [2.45, 2.75) is 195 Å². The fourth-order valence-electron chi connectivity index (χ4n) is 19.5. The molecule has 13 aromatic carbocycles. The summed E-state index contributed by atoms with van der Waals surface area (Å²) in [4.78, 5) is 76.6. The molecule has 15 nitrogen and oxygen atoms in total. The van der Waals surface area contributed by atoms with Gasteiger partial charge in [-0.25, -0.2) is 9.59 Å². The zero-order chi connectivity index (χ0) is 101. The highest BCUT2D eigenvalue weighted by molar-refractivity contribution is 8.01. The molecule has 3 aliphatic heterocycles. The highest BCUT2D eigenvalue weighted by Gasteiger charge is 2.63. The van der Waals surface area contributed by atoms with E-state index in [1.165, 1.54) is 69.2 Å². The molecule has 4 bridgehead atoms. The first-order valence-corrected chi connectivity index (χ1v) is 54.5. The van der Waals surface area contributed by atoms with E-state index in [1.54, 1.807) is 20.3 Å². The van der Waals surface area contributed by atoms with Gasteiger partial charge in [0.1, 0.15) is 58.1 Å². The van der Waals surface area contributed by atoms with E-state index >= 15 is 0 Å². The Balaban J connectivity index is 0.000000139. The number of hydrogen-bond donors (Lipinski definition) is 2. The molecule has 6 aliphatic rings. The molecular formula is C123H127O15S5+5. The molecule has 19 rings (SSSR count). The van der Waals surface area contributed by atoms with Gasteiger partial charge in [-0.15, -0.1) is 0 Å². The molecule has 0 radical (unpaired) electrons. The van der Waals surface area contributed by atoms with Crippen LogP contribution in [0.1, 0.15) is 99.1 Å². The zero-order valence-electron chi connectivity index (χ0n) is 82.9. The number of aromatic hydroxyl groups is 1. The van der Waals surface area contributed by atoms with Crippen LogP contribution in [0.3, 0.4) is 0 Å². The minimum absolute atomic E-state index is 0.0246. The number of ether oxygens (including phenoxy) is 8. The minimum Gasteiger partial charge on any atom is -0.507 e. The molecule has 0 amide bonds. The first-order valence-electron chi connectivity index (χ1n) is 48.4. The maximum Gasteiger partial charge on any atom is 0.344 e. The highest BCUT2D eigenvalue weighted by atomic mass is 32.2. The summed E-state index contributed by atoms with van der Waals surface area (Å²) in [5, 5.41) is 18.9. The van der Waals surface area contributed by atoms with Crippen LogP contribution in [0.5, 0.6) is 23.0 Å². The van der Waals surface area contributed by atoms with E-state index in [-0.39, 0.29) is 116 Å². The highest BCUT2D eigenvalue weighted by Crippen LogP contribution is 2.56. The predicted molar refractivity (Wildman–Crippen MR) is 575 cm³/mol. The predicted octanol–water partition coefficient (Wildman–Crippen LogP) is 27.1. The lowest BCUT2D eigenvalue weighted by atomic mass is 9.84. The number of carboxylic acids is 1. The SMILES string of the molecule is C=C/C=C(\C=C)[S+](c1ccccc1)c1cc(C)c(OCC(=O)OC2C(C)CC3CCCC2OC3=O)c(C)c1.COC1=C(C)C=C([S+](c2ccccc2)c2ccccc2)CC1C.COc1ccc([S+](c2ccccc2)c2ccccc2)cc1.Cc1cc([S+](c2ccccc2)c2ccccc2)cc(C)c1O.Cc1cc([S+](c2ccccc2)c2ccccc2)cc(C)c1OCC(=O)O.O=COC1C2CC3C(=O)OC1C3C2. The van der Waals surface area contributed by atoms with Crippen LogP contribution in [0.15, 0.2) is 456 Å². The molecule has 3 heterocycles. The Morgan fingerprint density at radius 2 is 0.846 bits per heavy atom. The van der Waals surface area contributed by atoms with Crippen molar-refractivity contribution < 1.29 is 72.1 Å². The van der Waals surface area contributed by atoms with Gasteiger partial charge >= 0.3 is 23.9 Å². The van der Waals surface area contributed by atoms with Gasteiger partial charge < -0.3 is 48.1 Å². The van der Waals surface area contributed by atoms with Crippen molar-refractivity contribution in [3.05, 3.63) is 426 Å². The van der Waals surface area contributed by atoms with Gasteiger partial charge in [-0.1, -0.05) is 197 Å². The summed E-state index contributed by atoms with van der Waals surface area (Å²) in [6.07, 6.45) is 12.9. The number of carboxylic acid groups (broad SMARTS) is 1. The van der Waals surface area contributed by atoms with E-state index in [4.69, 9.17) is 43.0 Å². The first-order chi connectivity index (χ1) is 69.4. The van der Waals surface area contributed by atoms with Gasteiger partial charge in [-0.05, 0) is 284 Å². The van der Waals surface area contributed by atoms with Crippen molar-refractivity contribution in [3.63, 3.8) is 0 Å². The van der Waals surface area contributed by atoms with Crippen molar-refractivity contribution in [2.75, 3.05) is 27.4 Å². The van der Waals surface area contributed by atoms with Gasteiger partial charge in [0.2, 0.25) is 0 Å². The monoisotopic (exact) mass is 2000 g/mol. The van der Waals surface area contributed by atoms with Gasteiger partial charge in [0.25, 0.3) is 6.47 Å². The van der Waals surface area contributed by atoms with Crippen molar-refractivity contribution in [1.29, 1.82) is 0 Å². The van der Waals surface area contributed by atoms with Crippen LogP contribution >= 0.6 is 0 Å². The number of carbonyl (C=O) groups is 5. The van der Waals surface area contributed by atoms with Crippen molar-refractivity contribution in [3.8, 4) is 23.0 Å². The topological polar surface area (TPSA) is 200 Å². The van der Waals surface area contributed by atoms with E-state index in [0.717, 1.165) is 93.2 Å². The molecule has 20 heteroatoms. The van der Waals surface area contributed by atoms with Gasteiger partial charge in [0.05, 0.1) is 80.5 Å². The summed E-state index contributed by atoms with van der Waals surface area (Å²) in [7, 11) is 2.63. The van der Waals surface area contributed by atoms with Crippen LogP contribution in [0.25, 0.3) is 0 Å². The molecule has 0 spiro atoms. The number of hydrogen-bond acceptors (Lipinski definition) is 14. The second-order valence-electron chi connectivity index (χ2n) is 36.0. The number of fused-ring (bicyclic) bond motifs is 4. The van der Waals surface area contributed by atoms with E-state index in [9.17, 15) is 29.1 Å². The van der Waals surface area contributed by atoms with E-state index < -0.39 is 18.0 Å². The number of rotatable bonds is 28. The summed E-state index contributed by atoms with van der Waals surface area (Å²) in [5.74, 6) is 3.25. The van der Waals surface area contributed by atoms with Gasteiger partial charge in [0, 0.05) is 60.6 Å². The number of carbonyl (C=O) groups excluding carboxylic acids is 4. The number of phenolic OH excluding ortho intramolecular Hbond substituents is 1. The molecule has 2 N–H and O–H groups in total. The lowest BCUT2D eigenvalue weighted by molar-refractivity contribution is -0.169. The normalized spacial score (nSPS) is 19.1. The molecule has 143 heavy (non-hydrogen) atoms. The average molecular weight is 2010 g/mol. The number of phenols is 1. The summed E-state index contributed by atoms with van der Waals surface area (Å²) in [5.41, 5.74) is 6.89. The average Bonchev–Trinajstić information content (AvgIpc) is 1.57. The van der Waals surface area contributed by atoms with Crippen molar-refractivity contribution in [1.82, 2.24) is 0 Å². The van der Waals surface area contributed by atoms with Crippen LogP contribution in [-0.2, 0) is 102 Å².